The quantitative estimate of drug-likeness (QED) is 0.158. The molecule has 0 saturated heterocycles. The Balaban J connectivity index is 0.0000000986. The van der Waals surface area contributed by atoms with Crippen molar-refractivity contribution in [1.82, 2.24) is 43.6 Å². The van der Waals surface area contributed by atoms with Crippen LogP contribution in [0.15, 0.2) is 400 Å². The van der Waals surface area contributed by atoms with Crippen LogP contribution in [0.4, 0.5) is 0 Å². The first kappa shape index (κ1) is 73.0. The van der Waals surface area contributed by atoms with Crippen molar-refractivity contribution in [3.8, 4) is 62.7 Å². The number of aromatic nitrogens is 9. The standard InChI is InChI=1S/C41H27N3O.C38H21N3O2.C38H21N3OS/c1-41(2)32-16-8-5-15-30(32)37-38(26-19-20-29-28-14-7-10-18-35(28)45-36(29)23-26)42-40(43-39(37)41)44-33-17-9-6-13-27(33)31-21-24-11-3-4-12-25(24)22-34(31)44;1-2-10-23-21-31-28(19-22(23)9-1)25-11-3-6-14-30(25)41(31)38-39-36(35-27-13-5-8-16-33(27)43-37(35)40-38)24-17-18-34-29(20-24)26-12-4-7-15-32(26)42-34;1-2-10-23-21-31-28(19-22(23)9-1)25-11-3-6-14-30(25)41(31)38-39-36(35-27-13-5-8-16-34(27)43-37(35)40-38)24-17-18-33-29(20-24)26-12-4-7-15-32(26)42-33/h3-23H,1-2H3;2*1-21H. The highest BCUT2D eigenvalue weighted by Crippen LogP contribution is 2.53. The molecule has 1 aliphatic carbocycles. The van der Waals surface area contributed by atoms with Crippen LogP contribution in [0.25, 0.3) is 269 Å². The maximum Gasteiger partial charge on any atom is 0.238 e. The molecule has 11 heterocycles. The minimum Gasteiger partial charge on any atom is -0.456 e. The lowest BCUT2D eigenvalue weighted by molar-refractivity contribution is 0.632. The molecule has 0 atom stereocenters. The summed E-state index contributed by atoms with van der Waals surface area (Å²) in [5.41, 5.74) is 23.1. The molecule has 13 nitrogen and oxygen atoms in total. The number of benzene rings is 18. The van der Waals surface area contributed by atoms with Gasteiger partial charge >= 0.3 is 0 Å². The van der Waals surface area contributed by atoms with Gasteiger partial charge in [0.05, 0.1) is 61.3 Å². The van der Waals surface area contributed by atoms with Crippen LogP contribution in [0.5, 0.6) is 0 Å². The average molecular weight is 1700 g/mol. The molecule has 0 unspecified atom stereocenters. The van der Waals surface area contributed by atoms with Gasteiger partial charge in [0, 0.05) is 113 Å². The van der Waals surface area contributed by atoms with Gasteiger partial charge in [-0.25, -0.2) is 24.9 Å². The van der Waals surface area contributed by atoms with E-state index in [1.807, 2.05) is 66.7 Å². The van der Waals surface area contributed by atoms with E-state index in [2.05, 4.69) is 343 Å². The molecule has 0 spiro atoms. The maximum atomic E-state index is 6.41. The monoisotopic (exact) mass is 1700 g/mol. The predicted molar refractivity (Wildman–Crippen MR) is 538 cm³/mol. The number of para-hydroxylation sites is 7. The highest BCUT2D eigenvalue weighted by atomic mass is 32.1. The Morgan fingerprint density at radius 2 is 0.611 bits per heavy atom. The lowest BCUT2D eigenvalue weighted by atomic mass is 9.85. The molecule has 11 aromatic heterocycles. The fourth-order valence-corrected chi connectivity index (χ4v) is 22.0. The summed E-state index contributed by atoms with van der Waals surface area (Å²) in [7, 11) is 0. The van der Waals surface area contributed by atoms with E-state index in [0.717, 1.165) is 181 Å². The van der Waals surface area contributed by atoms with Gasteiger partial charge in [0.15, 0.2) is 0 Å². The van der Waals surface area contributed by atoms with E-state index in [1.54, 1.807) is 11.3 Å². The first-order chi connectivity index (χ1) is 64.7. The van der Waals surface area contributed by atoms with Crippen LogP contribution in [0, 0.1) is 0 Å². The van der Waals surface area contributed by atoms with Crippen LogP contribution in [0.3, 0.4) is 0 Å². The van der Waals surface area contributed by atoms with Crippen LogP contribution < -0.4 is 0 Å². The number of hydrogen-bond donors (Lipinski definition) is 0. The lowest BCUT2D eigenvalue weighted by Gasteiger charge is -2.21. The predicted octanol–water partition coefficient (Wildman–Crippen LogP) is 31.5. The first-order valence-corrected chi connectivity index (χ1v) is 44.9. The summed E-state index contributed by atoms with van der Waals surface area (Å²) in [5, 5.41) is 25.0. The Morgan fingerprint density at radius 3 is 1.14 bits per heavy atom. The van der Waals surface area contributed by atoms with Crippen LogP contribution >= 0.6 is 11.3 Å². The second kappa shape index (κ2) is 27.9. The topological polar surface area (TPSA) is 145 Å². The number of nitrogens with zero attached hydrogens (tertiary/aromatic N) is 9. The van der Waals surface area contributed by atoms with Gasteiger partial charge in [0.2, 0.25) is 23.6 Å². The Kier molecular flexibility index (Phi) is 15.6. The van der Waals surface area contributed by atoms with Gasteiger partial charge < -0.3 is 17.7 Å². The third-order valence-corrected chi connectivity index (χ3v) is 28.1. The van der Waals surface area contributed by atoms with Crippen molar-refractivity contribution in [2.24, 2.45) is 0 Å². The molecule has 30 rings (SSSR count). The number of rotatable bonds is 6. The molecular formula is C117H69N9O4S. The number of furan rings is 4. The Hall–Kier alpha value is -17.2. The molecule has 0 N–H and O–H groups in total. The maximum absolute atomic E-state index is 6.41. The molecule has 131 heavy (non-hydrogen) atoms. The molecule has 0 fully saturated rings. The van der Waals surface area contributed by atoms with Crippen molar-refractivity contribution in [2.45, 2.75) is 19.3 Å². The normalized spacial score (nSPS) is 12.7. The van der Waals surface area contributed by atoms with E-state index in [1.165, 1.54) is 75.1 Å². The summed E-state index contributed by atoms with van der Waals surface area (Å²) >= 11 is 1.72. The summed E-state index contributed by atoms with van der Waals surface area (Å²) < 4.78 is 32.9. The largest absolute Gasteiger partial charge is 0.456 e. The zero-order valence-electron chi connectivity index (χ0n) is 70.4. The molecule has 0 bridgehead atoms. The SMILES string of the molecule is CC1(C)c2ccccc2-c2c(-c3ccc4c(c3)oc3ccccc34)nc(-n3c4ccccc4c4cc5ccccc5cc43)nc21.c1ccc2cc3c(cc2c1)c1ccccc1n3-c1nc(-c2ccc3oc4ccccc4c3c2)c2c(n1)oc1ccccc12.c1ccc2cc3c(cc2c1)c1ccccc1n3-c1nc(-c2ccc3oc4ccccc4c3c2)c2c(n1)sc1ccccc12. The highest BCUT2D eigenvalue weighted by molar-refractivity contribution is 7.25. The van der Waals surface area contributed by atoms with Gasteiger partial charge in [-0.05, 0) is 177 Å². The van der Waals surface area contributed by atoms with Gasteiger partial charge in [-0.3, -0.25) is 13.7 Å². The summed E-state index contributed by atoms with van der Waals surface area (Å²) in [5.74, 6) is 1.92. The zero-order valence-corrected chi connectivity index (χ0v) is 71.3. The van der Waals surface area contributed by atoms with E-state index in [4.69, 9.17) is 47.6 Å². The second-order valence-electron chi connectivity index (χ2n) is 34.7. The van der Waals surface area contributed by atoms with Crippen LogP contribution in [0.1, 0.15) is 25.1 Å². The number of thiophene rings is 1. The number of fused-ring (bicyclic) bond motifs is 30. The van der Waals surface area contributed by atoms with Crippen molar-refractivity contribution in [3.05, 3.63) is 393 Å². The number of hydrogen-bond acceptors (Lipinski definition) is 11. The highest BCUT2D eigenvalue weighted by Gasteiger charge is 2.40. The van der Waals surface area contributed by atoms with Crippen molar-refractivity contribution in [3.63, 3.8) is 0 Å². The Morgan fingerprint density at radius 1 is 0.244 bits per heavy atom. The molecule has 18 aromatic carbocycles. The van der Waals surface area contributed by atoms with Crippen molar-refractivity contribution >= 4 is 217 Å². The third-order valence-electron chi connectivity index (χ3n) is 27.0. The first-order valence-electron chi connectivity index (χ1n) is 44.1. The minimum atomic E-state index is -0.298. The molecule has 29 aromatic rings. The summed E-state index contributed by atoms with van der Waals surface area (Å²) in [6, 6.07) is 134. The summed E-state index contributed by atoms with van der Waals surface area (Å²) in [6.07, 6.45) is 0. The van der Waals surface area contributed by atoms with Gasteiger partial charge in [-0.2, -0.15) is 4.98 Å². The molecule has 0 amide bonds. The van der Waals surface area contributed by atoms with E-state index in [9.17, 15) is 0 Å². The van der Waals surface area contributed by atoms with Crippen molar-refractivity contribution in [2.75, 3.05) is 0 Å². The van der Waals surface area contributed by atoms with E-state index < -0.39 is 0 Å². The van der Waals surface area contributed by atoms with Gasteiger partial charge in [-0.15, -0.1) is 11.3 Å². The van der Waals surface area contributed by atoms with Crippen LogP contribution in [0.2, 0.25) is 0 Å². The third kappa shape index (κ3) is 11.1. The Bertz CT molecular complexity index is 9610. The van der Waals surface area contributed by atoms with E-state index >= 15 is 0 Å². The molecule has 612 valence electrons. The van der Waals surface area contributed by atoms with Crippen molar-refractivity contribution < 1.29 is 17.7 Å². The molecule has 0 radical (unpaired) electrons. The smallest absolute Gasteiger partial charge is 0.238 e. The van der Waals surface area contributed by atoms with Gasteiger partial charge in [0.1, 0.15) is 43.9 Å². The van der Waals surface area contributed by atoms with Gasteiger partial charge in [-0.1, -0.05) is 263 Å². The minimum absolute atomic E-state index is 0.298. The average Bonchev–Trinajstić information content (AvgIpc) is 1.56. The van der Waals surface area contributed by atoms with Crippen LogP contribution in [-0.2, 0) is 5.41 Å². The second-order valence-corrected chi connectivity index (χ2v) is 35.7. The fraction of sp³-hybridized carbons (Fsp3) is 0.0256. The molecule has 1 aliphatic rings. The van der Waals surface area contributed by atoms with Crippen molar-refractivity contribution in [1.29, 1.82) is 0 Å². The van der Waals surface area contributed by atoms with E-state index in [0.29, 0.717) is 23.6 Å². The summed E-state index contributed by atoms with van der Waals surface area (Å²) in [6.45, 7) is 4.56. The summed E-state index contributed by atoms with van der Waals surface area (Å²) in [4.78, 5) is 33.0. The molecule has 14 heteroatoms. The molecule has 0 aliphatic heterocycles. The Labute approximate surface area is 748 Å². The fourth-order valence-electron chi connectivity index (χ4n) is 20.9. The van der Waals surface area contributed by atoms with E-state index in [-0.39, 0.29) is 5.41 Å². The van der Waals surface area contributed by atoms with Gasteiger partial charge in [0.25, 0.3) is 0 Å². The van der Waals surface area contributed by atoms with Crippen LogP contribution in [-0.4, -0.2) is 43.6 Å². The molecular weight excluding hydrogens is 1630 g/mol. The lowest BCUT2D eigenvalue weighted by Crippen LogP contribution is -2.18. The molecule has 0 saturated carbocycles. The zero-order chi connectivity index (χ0) is 86.0.